The summed E-state index contributed by atoms with van der Waals surface area (Å²) in [5, 5.41) is 0.870. The van der Waals surface area contributed by atoms with Gasteiger partial charge in [0.2, 0.25) is 0 Å². The predicted molar refractivity (Wildman–Crippen MR) is 117 cm³/mol. The highest BCUT2D eigenvalue weighted by Gasteiger charge is 2.12. The molecule has 0 bridgehead atoms. The van der Waals surface area contributed by atoms with E-state index in [-0.39, 0.29) is 0 Å². The van der Waals surface area contributed by atoms with E-state index in [1.165, 1.54) is 9.80 Å². The zero-order valence-corrected chi connectivity index (χ0v) is 17.3. The minimum atomic E-state index is -0.458. The van der Waals surface area contributed by atoms with E-state index in [4.69, 9.17) is 9.47 Å². The first-order chi connectivity index (χ1) is 14.3. The number of rotatable bonds is 4. The average molecular weight is 405 g/mol. The molecule has 3 aromatic rings. The van der Waals surface area contributed by atoms with Gasteiger partial charge in [-0.15, -0.1) is 0 Å². The summed E-state index contributed by atoms with van der Waals surface area (Å²) in [6.45, 7) is 0. The van der Waals surface area contributed by atoms with Gasteiger partial charge < -0.3 is 19.3 Å². The summed E-state index contributed by atoms with van der Waals surface area (Å²) in [6.07, 6.45) is 4.69. The van der Waals surface area contributed by atoms with Crippen LogP contribution in [-0.2, 0) is 0 Å². The molecular formula is C23H23N3O4. The largest absolute Gasteiger partial charge is 0.414 e. The Bertz CT molecular complexity index is 1090. The Balaban J connectivity index is 1.83. The van der Waals surface area contributed by atoms with E-state index >= 15 is 0 Å². The molecule has 0 radical (unpaired) electrons. The molecule has 0 fully saturated rings. The van der Waals surface area contributed by atoms with Gasteiger partial charge in [0.15, 0.2) is 5.75 Å². The highest BCUT2D eigenvalue weighted by atomic mass is 16.6. The Hall–Kier alpha value is -3.87. The third-order valence-electron chi connectivity index (χ3n) is 4.23. The summed E-state index contributed by atoms with van der Waals surface area (Å²) >= 11 is 0. The van der Waals surface area contributed by atoms with Gasteiger partial charge >= 0.3 is 12.2 Å². The van der Waals surface area contributed by atoms with Crippen molar-refractivity contribution in [1.82, 2.24) is 14.8 Å². The van der Waals surface area contributed by atoms with Gasteiger partial charge in [-0.2, -0.15) is 0 Å². The van der Waals surface area contributed by atoms with E-state index < -0.39 is 12.2 Å². The lowest BCUT2D eigenvalue weighted by atomic mass is 10.1. The summed E-state index contributed by atoms with van der Waals surface area (Å²) in [4.78, 5) is 30.6. The summed E-state index contributed by atoms with van der Waals surface area (Å²) in [7, 11) is 6.51. The number of hydrogen-bond donors (Lipinski definition) is 0. The molecule has 2 aromatic carbocycles. The minimum Gasteiger partial charge on any atom is -0.410 e. The maximum absolute atomic E-state index is 11.9. The maximum atomic E-state index is 11.9. The van der Waals surface area contributed by atoms with E-state index in [0.29, 0.717) is 17.0 Å². The Morgan fingerprint density at radius 2 is 1.50 bits per heavy atom. The van der Waals surface area contributed by atoms with Crippen LogP contribution < -0.4 is 9.47 Å². The molecule has 7 nitrogen and oxygen atoms in total. The standard InChI is InChI=1S/C23H23N3O4/c1-25(2)22(27)29-18-12-8-16(9-13-18)7-10-17-11-14-20(30-23(28)26(3)4)21-19(17)6-5-15-24-21/h5-15H,1-4H3. The first-order valence-corrected chi connectivity index (χ1v) is 9.29. The molecule has 0 spiro atoms. The molecular weight excluding hydrogens is 382 g/mol. The fourth-order valence-electron chi connectivity index (χ4n) is 2.61. The van der Waals surface area contributed by atoms with E-state index in [0.717, 1.165) is 16.5 Å². The Morgan fingerprint density at radius 1 is 0.833 bits per heavy atom. The zero-order chi connectivity index (χ0) is 21.7. The van der Waals surface area contributed by atoms with E-state index in [2.05, 4.69) is 4.98 Å². The molecule has 3 rings (SSSR count). The maximum Gasteiger partial charge on any atom is 0.414 e. The van der Waals surface area contributed by atoms with Gasteiger partial charge in [-0.25, -0.2) is 9.59 Å². The van der Waals surface area contributed by atoms with Gasteiger partial charge in [-0.05, 0) is 35.4 Å². The van der Waals surface area contributed by atoms with Crippen molar-refractivity contribution in [2.24, 2.45) is 0 Å². The van der Waals surface area contributed by atoms with E-state index in [1.54, 1.807) is 52.6 Å². The first kappa shape index (κ1) is 20.9. The number of fused-ring (bicyclic) bond motifs is 1. The molecule has 0 unspecified atom stereocenters. The molecule has 0 aliphatic carbocycles. The fraction of sp³-hybridized carbons (Fsp3) is 0.174. The van der Waals surface area contributed by atoms with Crippen LogP contribution in [0, 0.1) is 0 Å². The number of ether oxygens (including phenoxy) is 2. The van der Waals surface area contributed by atoms with Gasteiger partial charge in [0, 0.05) is 39.8 Å². The third kappa shape index (κ3) is 4.94. The molecule has 1 heterocycles. The van der Waals surface area contributed by atoms with Crippen LogP contribution in [0.4, 0.5) is 9.59 Å². The number of hydrogen-bond acceptors (Lipinski definition) is 5. The molecule has 0 N–H and O–H groups in total. The van der Waals surface area contributed by atoms with Gasteiger partial charge in [-0.1, -0.05) is 36.4 Å². The zero-order valence-electron chi connectivity index (χ0n) is 17.3. The molecule has 0 atom stereocenters. The van der Waals surface area contributed by atoms with Crippen LogP contribution in [0.2, 0.25) is 0 Å². The molecule has 1 aromatic heterocycles. The minimum absolute atomic E-state index is 0.411. The first-order valence-electron chi connectivity index (χ1n) is 9.29. The molecule has 0 saturated carbocycles. The van der Waals surface area contributed by atoms with Crippen molar-refractivity contribution in [2.75, 3.05) is 28.2 Å². The van der Waals surface area contributed by atoms with Crippen LogP contribution in [0.15, 0.2) is 54.7 Å². The summed E-state index contributed by atoms with van der Waals surface area (Å²) in [5.41, 5.74) is 2.49. The summed E-state index contributed by atoms with van der Waals surface area (Å²) < 4.78 is 10.6. The highest BCUT2D eigenvalue weighted by Crippen LogP contribution is 2.28. The van der Waals surface area contributed by atoms with Crippen LogP contribution in [0.3, 0.4) is 0 Å². The van der Waals surface area contributed by atoms with Gasteiger partial charge in [-0.3, -0.25) is 4.98 Å². The quantitative estimate of drug-likeness (QED) is 0.597. The van der Waals surface area contributed by atoms with Crippen LogP contribution in [0.25, 0.3) is 23.1 Å². The second-order valence-corrected chi connectivity index (χ2v) is 6.98. The molecule has 154 valence electrons. The number of nitrogens with zero attached hydrogens (tertiary/aromatic N) is 3. The van der Waals surface area contributed by atoms with Crippen molar-refractivity contribution in [1.29, 1.82) is 0 Å². The van der Waals surface area contributed by atoms with Crippen LogP contribution in [0.5, 0.6) is 11.5 Å². The lowest BCUT2D eigenvalue weighted by Gasteiger charge is -2.13. The number of carbonyl (C=O) groups excluding carboxylic acids is 2. The lowest BCUT2D eigenvalue weighted by Crippen LogP contribution is -2.25. The van der Waals surface area contributed by atoms with Gasteiger partial charge in [0.05, 0.1) is 0 Å². The number of pyridine rings is 1. The number of benzene rings is 2. The van der Waals surface area contributed by atoms with Crippen molar-refractivity contribution < 1.29 is 19.1 Å². The smallest absolute Gasteiger partial charge is 0.410 e. The summed E-state index contributed by atoms with van der Waals surface area (Å²) in [6, 6.07) is 14.6. The third-order valence-corrected chi connectivity index (χ3v) is 4.23. The van der Waals surface area contributed by atoms with E-state index in [9.17, 15) is 9.59 Å². The number of amides is 2. The molecule has 7 heteroatoms. The Labute approximate surface area is 175 Å². The van der Waals surface area contributed by atoms with Crippen LogP contribution in [0.1, 0.15) is 11.1 Å². The number of aromatic nitrogens is 1. The van der Waals surface area contributed by atoms with Crippen molar-refractivity contribution in [3.63, 3.8) is 0 Å². The van der Waals surface area contributed by atoms with E-state index in [1.807, 2.05) is 42.5 Å². The number of carbonyl (C=O) groups is 2. The normalized spacial score (nSPS) is 10.8. The SMILES string of the molecule is CN(C)C(=O)Oc1ccc(C=Cc2ccc(OC(=O)N(C)C)c3ncccc23)cc1. The second kappa shape index (κ2) is 9.09. The fourth-order valence-corrected chi connectivity index (χ4v) is 2.61. The highest BCUT2D eigenvalue weighted by molar-refractivity contribution is 5.95. The molecule has 0 saturated heterocycles. The van der Waals surface area contributed by atoms with Gasteiger partial charge in [0.1, 0.15) is 11.3 Å². The van der Waals surface area contributed by atoms with Crippen LogP contribution >= 0.6 is 0 Å². The Morgan fingerprint density at radius 3 is 2.17 bits per heavy atom. The molecule has 30 heavy (non-hydrogen) atoms. The Kier molecular flexibility index (Phi) is 6.32. The van der Waals surface area contributed by atoms with Crippen molar-refractivity contribution in [3.8, 4) is 11.5 Å². The van der Waals surface area contributed by atoms with Crippen molar-refractivity contribution >= 4 is 35.2 Å². The summed E-state index contributed by atoms with van der Waals surface area (Å²) in [5.74, 6) is 0.890. The second-order valence-electron chi connectivity index (χ2n) is 6.98. The van der Waals surface area contributed by atoms with Crippen molar-refractivity contribution in [3.05, 3.63) is 65.9 Å². The van der Waals surface area contributed by atoms with Crippen molar-refractivity contribution in [2.45, 2.75) is 0 Å². The lowest BCUT2D eigenvalue weighted by molar-refractivity contribution is 0.171. The molecule has 0 aliphatic rings. The predicted octanol–water partition coefficient (Wildman–Crippen LogP) is 4.53. The average Bonchev–Trinajstić information content (AvgIpc) is 2.74. The molecule has 2 amide bonds. The monoisotopic (exact) mass is 405 g/mol. The topological polar surface area (TPSA) is 72.0 Å². The molecule has 0 aliphatic heterocycles. The van der Waals surface area contributed by atoms with Crippen LogP contribution in [-0.4, -0.2) is 55.2 Å². The van der Waals surface area contributed by atoms with Gasteiger partial charge in [0.25, 0.3) is 0 Å².